The molecule has 0 bridgehead atoms. The lowest BCUT2D eigenvalue weighted by atomic mass is 9.83. The van der Waals surface area contributed by atoms with Crippen molar-refractivity contribution in [2.24, 2.45) is 0 Å². The predicted molar refractivity (Wildman–Crippen MR) is 208 cm³/mol. The van der Waals surface area contributed by atoms with E-state index in [0.717, 1.165) is 65.7 Å². The average molecular weight is 629 g/mol. The standard InChI is InChI=1S/C48H30O/c1-3-14-31(15-4-1)33-26-29-44-43(30-33)48-42(24-13-25-45(48)49-44)47-39-22-11-9-20-37(39)46(38-21-10-12-23-40(38)47)41-28-27-34(32-16-5-2-6-17-32)35-18-7-8-19-36(35)41/h1-30H/i7D,8D,18D,19D,27D,28D. The van der Waals surface area contributed by atoms with Crippen LogP contribution >= 0.6 is 0 Å². The predicted octanol–water partition coefficient (Wildman–Crippen LogP) is 13.7. The SMILES string of the molecule is [2H]c1c([2H])c([2H])c2c(-c3c4ccccc4c(-c4cccc5oc6ccc(-c7ccccc7)cc6c45)c4ccccc34)c([2H])c([2H])c(-c3ccccc3)c2c1[2H]. The third-order valence-electron chi connectivity index (χ3n) is 9.62. The number of hydrogen-bond donors (Lipinski definition) is 0. The Hall–Kier alpha value is -6.44. The highest BCUT2D eigenvalue weighted by Gasteiger charge is 2.21. The van der Waals surface area contributed by atoms with E-state index in [4.69, 9.17) is 8.53 Å². The fourth-order valence-corrected chi connectivity index (χ4v) is 7.48. The molecule has 0 N–H and O–H groups in total. The second-order valence-electron chi connectivity index (χ2n) is 12.3. The van der Waals surface area contributed by atoms with Crippen molar-refractivity contribution in [3.63, 3.8) is 0 Å². The van der Waals surface area contributed by atoms with E-state index in [1.165, 1.54) is 0 Å². The van der Waals surface area contributed by atoms with Crippen molar-refractivity contribution in [1.82, 2.24) is 0 Å². The Labute approximate surface area is 292 Å². The van der Waals surface area contributed by atoms with Crippen LogP contribution in [-0.2, 0) is 0 Å². The molecule has 10 rings (SSSR count). The van der Waals surface area contributed by atoms with E-state index in [9.17, 15) is 4.11 Å². The highest BCUT2D eigenvalue weighted by molar-refractivity contribution is 6.27. The molecule has 0 unspecified atom stereocenters. The Morgan fingerprint density at radius 1 is 0.347 bits per heavy atom. The molecule has 1 aromatic heterocycles. The number of furan rings is 1. The van der Waals surface area contributed by atoms with Crippen molar-refractivity contribution >= 4 is 54.3 Å². The van der Waals surface area contributed by atoms with Gasteiger partial charge < -0.3 is 4.42 Å². The zero-order chi connectivity index (χ0) is 37.5. The van der Waals surface area contributed by atoms with E-state index in [2.05, 4.69) is 42.5 Å². The average Bonchev–Trinajstić information content (AvgIpc) is 3.61. The molecule has 10 aromatic rings. The van der Waals surface area contributed by atoms with Crippen LogP contribution in [0.2, 0.25) is 0 Å². The Bertz CT molecular complexity index is 3150. The van der Waals surface area contributed by atoms with Crippen molar-refractivity contribution in [2.45, 2.75) is 0 Å². The minimum absolute atomic E-state index is 0.0974. The molecule has 1 heteroatoms. The maximum absolute atomic E-state index is 9.68. The molecule has 0 spiro atoms. The molecule has 0 saturated heterocycles. The number of benzene rings is 9. The lowest BCUT2D eigenvalue weighted by molar-refractivity contribution is 0.669. The second kappa shape index (κ2) is 11.1. The van der Waals surface area contributed by atoms with Gasteiger partial charge in [0.1, 0.15) is 11.2 Å². The highest BCUT2D eigenvalue weighted by atomic mass is 16.3. The molecule has 0 aliphatic heterocycles. The summed E-state index contributed by atoms with van der Waals surface area (Å²) in [6.07, 6.45) is 0. The zero-order valence-electron chi connectivity index (χ0n) is 32.3. The fraction of sp³-hybridized carbons (Fsp3) is 0. The van der Waals surface area contributed by atoms with Crippen LogP contribution in [0.5, 0.6) is 0 Å². The molecule has 0 fully saturated rings. The maximum Gasteiger partial charge on any atom is 0.136 e. The molecule has 0 amide bonds. The van der Waals surface area contributed by atoms with Gasteiger partial charge in [0.15, 0.2) is 0 Å². The van der Waals surface area contributed by atoms with Gasteiger partial charge in [0, 0.05) is 10.8 Å². The van der Waals surface area contributed by atoms with E-state index in [1.807, 2.05) is 103 Å². The second-order valence-corrected chi connectivity index (χ2v) is 12.3. The largest absolute Gasteiger partial charge is 0.456 e. The first-order valence-corrected chi connectivity index (χ1v) is 16.4. The Kier molecular flexibility index (Phi) is 5.02. The Morgan fingerprint density at radius 3 is 1.55 bits per heavy atom. The van der Waals surface area contributed by atoms with Crippen molar-refractivity contribution in [3.8, 4) is 44.5 Å². The summed E-state index contributed by atoms with van der Waals surface area (Å²) in [5, 5.41) is 5.86. The van der Waals surface area contributed by atoms with E-state index in [0.29, 0.717) is 22.3 Å². The molecule has 228 valence electrons. The monoisotopic (exact) mass is 628 g/mol. The van der Waals surface area contributed by atoms with Gasteiger partial charge >= 0.3 is 0 Å². The number of fused-ring (bicyclic) bond motifs is 6. The van der Waals surface area contributed by atoms with Gasteiger partial charge in [-0.2, -0.15) is 0 Å². The van der Waals surface area contributed by atoms with Crippen LogP contribution in [-0.4, -0.2) is 0 Å². The summed E-state index contributed by atoms with van der Waals surface area (Å²) in [4.78, 5) is 0. The van der Waals surface area contributed by atoms with Crippen LogP contribution in [0.1, 0.15) is 8.22 Å². The topological polar surface area (TPSA) is 13.1 Å². The molecule has 0 saturated carbocycles. The molecule has 9 aromatic carbocycles. The van der Waals surface area contributed by atoms with E-state index >= 15 is 0 Å². The van der Waals surface area contributed by atoms with Gasteiger partial charge in [-0.25, -0.2) is 0 Å². The molecule has 1 nitrogen and oxygen atoms in total. The lowest BCUT2D eigenvalue weighted by Gasteiger charge is -2.20. The highest BCUT2D eigenvalue weighted by Crippen LogP contribution is 2.48. The first-order chi connectivity index (χ1) is 26.8. The lowest BCUT2D eigenvalue weighted by Crippen LogP contribution is -1.92. The van der Waals surface area contributed by atoms with Crippen LogP contribution in [0.4, 0.5) is 0 Å². The van der Waals surface area contributed by atoms with Gasteiger partial charge in [-0.1, -0.05) is 164 Å². The summed E-state index contributed by atoms with van der Waals surface area (Å²) in [7, 11) is 0. The first-order valence-electron chi connectivity index (χ1n) is 19.4. The van der Waals surface area contributed by atoms with Gasteiger partial charge in [0.25, 0.3) is 0 Å². The Balaban J connectivity index is 1.36. The summed E-state index contributed by atoms with van der Waals surface area (Å²) >= 11 is 0. The maximum atomic E-state index is 9.68. The molecular weight excluding hydrogens is 593 g/mol. The summed E-state index contributed by atoms with van der Waals surface area (Å²) in [6.45, 7) is 0. The summed E-state index contributed by atoms with van der Waals surface area (Å²) in [5.41, 5.74) is 7.61. The fourth-order valence-electron chi connectivity index (χ4n) is 7.48. The smallest absolute Gasteiger partial charge is 0.136 e. The molecule has 49 heavy (non-hydrogen) atoms. The minimum atomic E-state index is -0.381. The zero-order valence-corrected chi connectivity index (χ0v) is 26.3. The molecule has 0 aliphatic rings. The third kappa shape index (κ3) is 4.33. The molecular formula is C48H30O. The molecule has 0 atom stereocenters. The van der Waals surface area contributed by atoms with Crippen LogP contribution < -0.4 is 0 Å². The van der Waals surface area contributed by atoms with Crippen LogP contribution in [0.15, 0.2) is 186 Å². The van der Waals surface area contributed by atoms with Crippen LogP contribution in [0, 0.1) is 0 Å². The van der Waals surface area contributed by atoms with Gasteiger partial charge in [0.2, 0.25) is 0 Å². The first kappa shape index (κ1) is 22.2. The third-order valence-corrected chi connectivity index (χ3v) is 9.62. The van der Waals surface area contributed by atoms with Crippen LogP contribution in [0.25, 0.3) is 98.8 Å². The number of rotatable bonds is 4. The van der Waals surface area contributed by atoms with Gasteiger partial charge in [-0.15, -0.1) is 0 Å². The molecule has 0 aliphatic carbocycles. The van der Waals surface area contributed by atoms with E-state index in [-0.39, 0.29) is 47.0 Å². The summed E-state index contributed by atoms with van der Waals surface area (Å²) < 4.78 is 61.6. The minimum Gasteiger partial charge on any atom is -0.456 e. The summed E-state index contributed by atoms with van der Waals surface area (Å²) in [5.74, 6) is 0. The Morgan fingerprint density at radius 2 is 0.898 bits per heavy atom. The van der Waals surface area contributed by atoms with Gasteiger partial charge in [-0.05, 0) is 95.0 Å². The summed E-state index contributed by atoms with van der Waals surface area (Å²) in [6, 6.07) is 46.5. The van der Waals surface area contributed by atoms with Gasteiger partial charge in [0.05, 0.1) is 8.22 Å². The van der Waals surface area contributed by atoms with E-state index in [1.54, 1.807) is 0 Å². The van der Waals surface area contributed by atoms with Crippen molar-refractivity contribution in [1.29, 1.82) is 0 Å². The number of hydrogen-bond acceptors (Lipinski definition) is 1. The quantitative estimate of drug-likeness (QED) is 0.177. The normalized spacial score (nSPS) is 13.4. The molecule has 1 heterocycles. The van der Waals surface area contributed by atoms with E-state index < -0.39 is 0 Å². The van der Waals surface area contributed by atoms with Crippen molar-refractivity contribution in [2.75, 3.05) is 0 Å². The van der Waals surface area contributed by atoms with Gasteiger partial charge in [-0.3, -0.25) is 0 Å². The van der Waals surface area contributed by atoms with Crippen LogP contribution in [0.3, 0.4) is 0 Å². The van der Waals surface area contributed by atoms with Crippen molar-refractivity contribution < 1.29 is 12.6 Å². The molecule has 0 radical (unpaired) electrons. The van der Waals surface area contributed by atoms with Crippen molar-refractivity contribution in [3.05, 3.63) is 182 Å².